The minimum absolute atomic E-state index is 0.393. The predicted molar refractivity (Wildman–Crippen MR) is 150 cm³/mol. The van der Waals surface area contributed by atoms with Gasteiger partial charge in [0.25, 0.3) is 0 Å². The Morgan fingerprint density at radius 3 is 2.20 bits per heavy atom. The highest BCUT2D eigenvalue weighted by atomic mass is 15.0. The number of aryl methyl sites for hydroxylation is 2. The molecule has 0 spiro atoms. The van der Waals surface area contributed by atoms with Gasteiger partial charge in [0.2, 0.25) is 5.52 Å². The second-order valence-electron chi connectivity index (χ2n) is 10.9. The van der Waals surface area contributed by atoms with Gasteiger partial charge in [0.1, 0.15) is 7.05 Å². The molecule has 0 saturated carbocycles. The summed E-state index contributed by atoms with van der Waals surface area (Å²) in [7, 11) is 2.21. The molecule has 0 aliphatic rings. The summed E-state index contributed by atoms with van der Waals surface area (Å²) in [6, 6.07) is 22.9. The van der Waals surface area contributed by atoms with Crippen LogP contribution in [0.15, 0.2) is 66.9 Å². The van der Waals surface area contributed by atoms with Crippen molar-refractivity contribution in [3.8, 4) is 0 Å². The summed E-state index contributed by atoms with van der Waals surface area (Å²) in [4.78, 5) is 0. The third-order valence-corrected chi connectivity index (χ3v) is 8.23. The average molecular weight is 456 g/mol. The van der Waals surface area contributed by atoms with E-state index in [0.717, 1.165) is 0 Å². The molecule has 35 heavy (non-hydrogen) atoms. The fourth-order valence-electron chi connectivity index (χ4n) is 6.77. The molecule has 0 unspecified atom stereocenters. The first kappa shape index (κ1) is 20.7. The zero-order chi connectivity index (χ0) is 24.2. The van der Waals surface area contributed by atoms with Crippen molar-refractivity contribution in [2.24, 2.45) is 7.05 Å². The largest absolute Gasteiger partial charge is 0.307 e. The summed E-state index contributed by atoms with van der Waals surface area (Å²) in [6.45, 7) is 11.6. The Kier molecular flexibility index (Phi) is 4.11. The molecule has 7 rings (SSSR count). The van der Waals surface area contributed by atoms with Crippen LogP contribution in [0.5, 0.6) is 0 Å². The maximum atomic E-state index is 2.62. The summed E-state index contributed by atoms with van der Waals surface area (Å²) in [6.07, 6.45) is 2.23. The summed E-state index contributed by atoms with van der Waals surface area (Å²) in [5.74, 6) is 0.854. The van der Waals surface area contributed by atoms with Gasteiger partial charge in [-0.3, -0.25) is 0 Å². The van der Waals surface area contributed by atoms with Gasteiger partial charge in [0.05, 0.1) is 27.3 Å². The Hall–Kier alpha value is -3.65. The molecule has 0 amide bonds. The molecule has 0 aliphatic carbocycles. The molecular formula is C33H31N2+. The maximum Gasteiger partial charge on any atom is 0.224 e. The first-order valence-corrected chi connectivity index (χ1v) is 12.8. The standard InChI is InChI=1S/C33H31N2/c1-18(2)22-12-9-13-26-30(22)25-15-14-21-16-17-34(6)32-28-20(5)23-10-7-8-11-24(23)27(19(3)4)33(28)35(26)31(25)29(21)32/h7-19H,1-6H3/q+1. The van der Waals surface area contributed by atoms with Crippen molar-refractivity contribution in [2.45, 2.75) is 46.5 Å². The molecule has 3 aromatic heterocycles. The number of fused-ring (bicyclic) bond motifs is 7. The molecule has 0 aliphatic heterocycles. The number of benzene rings is 4. The van der Waals surface area contributed by atoms with E-state index in [1.54, 1.807) is 0 Å². The highest BCUT2D eigenvalue weighted by molar-refractivity contribution is 6.29. The van der Waals surface area contributed by atoms with E-state index in [1.165, 1.54) is 76.5 Å². The van der Waals surface area contributed by atoms with Crippen LogP contribution >= 0.6 is 0 Å². The number of rotatable bonds is 2. The van der Waals surface area contributed by atoms with Gasteiger partial charge in [0, 0.05) is 16.8 Å². The quantitative estimate of drug-likeness (QED) is 0.140. The number of hydrogen-bond acceptors (Lipinski definition) is 0. The van der Waals surface area contributed by atoms with E-state index in [9.17, 15) is 0 Å². The molecule has 0 atom stereocenters. The zero-order valence-corrected chi connectivity index (χ0v) is 21.4. The van der Waals surface area contributed by atoms with Crippen LogP contribution in [-0.4, -0.2) is 4.40 Å². The van der Waals surface area contributed by atoms with Gasteiger partial charge in [-0.15, -0.1) is 0 Å². The van der Waals surface area contributed by atoms with Crippen molar-refractivity contribution in [2.75, 3.05) is 0 Å². The van der Waals surface area contributed by atoms with Crippen molar-refractivity contribution in [3.05, 3.63) is 83.6 Å². The number of aromatic nitrogens is 2. The van der Waals surface area contributed by atoms with Crippen LogP contribution in [0.3, 0.4) is 0 Å². The van der Waals surface area contributed by atoms with Crippen LogP contribution in [0.2, 0.25) is 0 Å². The van der Waals surface area contributed by atoms with Crippen molar-refractivity contribution in [3.63, 3.8) is 0 Å². The molecule has 0 saturated heterocycles. The van der Waals surface area contributed by atoms with E-state index in [-0.39, 0.29) is 0 Å². The van der Waals surface area contributed by atoms with E-state index < -0.39 is 0 Å². The summed E-state index contributed by atoms with van der Waals surface area (Å²) in [5.41, 5.74) is 9.65. The van der Waals surface area contributed by atoms with Gasteiger partial charge in [-0.05, 0) is 57.7 Å². The second kappa shape index (κ2) is 6.95. The second-order valence-corrected chi connectivity index (χ2v) is 10.9. The smallest absolute Gasteiger partial charge is 0.224 e. The zero-order valence-electron chi connectivity index (χ0n) is 21.4. The molecule has 0 bridgehead atoms. The highest BCUT2D eigenvalue weighted by Crippen LogP contribution is 2.46. The summed E-state index contributed by atoms with van der Waals surface area (Å²) < 4.78 is 4.97. The Morgan fingerprint density at radius 1 is 0.686 bits per heavy atom. The topological polar surface area (TPSA) is 8.29 Å². The molecule has 2 nitrogen and oxygen atoms in total. The predicted octanol–water partition coefficient (Wildman–Crippen LogP) is 8.52. The highest BCUT2D eigenvalue weighted by Gasteiger charge is 2.28. The molecule has 172 valence electrons. The van der Waals surface area contributed by atoms with Crippen molar-refractivity contribution >= 4 is 59.8 Å². The Bertz CT molecular complexity index is 1970. The van der Waals surface area contributed by atoms with E-state index in [0.29, 0.717) is 11.8 Å². The van der Waals surface area contributed by atoms with Crippen LogP contribution in [0.4, 0.5) is 0 Å². The molecule has 4 aromatic carbocycles. The van der Waals surface area contributed by atoms with Crippen molar-refractivity contribution in [1.29, 1.82) is 0 Å². The number of hydrogen-bond donors (Lipinski definition) is 0. The molecule has 2 heteroatoms. The van der Waals surface area contributed by atoms with Gasteiger partial charge in [-0.25, -0.2) is 4.57 Å². The first-order chi connectivity index (χ1) is 16.9. The average Bonchev–Trinajstić information content (AvgIpc) is 3.19. The molecule has 0 fully saturated rings. The molecule has 0 radical (unpaired) electrons. The van der Waals surface area contributed by atoms with Crippen LogP contribution in [0, 0.1) is 6.92 Å². The van der Waals surface area contributed by atoms with E-state index in [4.69, 9.17) is 0 Å². The van der Waals surface area contributed by atoms with E-state index in [1.807, 2.05) is 0 Å². The van der Waals surface area contributed by atoms with Crippen LogP contribution in [-0.2, 0) is 7.05 Å². The van der Waals surface area contributed by atoms with Gasteiger partial charge >= 0.3 is 0 Å². The molecule has 7 aromatic rings. The monoisotopic (exact) mass is 455 g/mol. The normalized spacial score (nSPS) is 12.8. The molecule has 3 heterocycles. The van der Waals surface area contributed by atoms with Gasteiger partial charge in [-0.1, -0.05) is 76.2 Å². The van der Waals surface area contributed by atoms with Gasteiger partial charge < -0.3 is 4.40 Å². The third kappa shape index (κ3) is 2.47. The lowest BCUT2D eigenvalue weighted by atomic mass is 9.88. The molecular weight excluding hydrogens is 424 g/mol. The van der Waals surface area contributed by atoms with E-state index in [2.05, 4.69) is 117 Å². The lowest BCUT2D eigenvalue weighted by molar-refractivity contribution is -0.643. The summed E-state index contributed by atoms with van der Waals surface area (Å²) in [5, 5.41) is 9.59. The Morgan fingerprint density at radius 2 is 1.46 bits per heavy atom. The Balaban J connectivity index is 1.98. The number of nitrogens with zero attached hydrogens (tertiary/aromatic N) is 2. The van der Waals surface area contributed by atoms with Crippen molar-refractivity contribution < 1.29 is 4.57 Å². The fraction of sp³-hybridized carbons (Fsp3) is 0.242. The minimum Gasteiger partial charge on any atom is -0.307 e. The summed E-state index contributed by atoms with van der Waals surface area (Å²) >= 11 is 0. The third-order valence-electron chi connectivity index (χ3n) is 8.23. The lowest BCUT2D eigenvalue weighted by Gasteiger charge is -2.20. The van der Waals surface area contributed by atoms with Crippen LogP contribution < -0.4 is 4.57 Å². The van der Waals surface area contributed by atoms with E-state index >= 15 is 0 Å². The maximum absolute atomic E-state index is 2.62. The van der Waals surface area contributed by atoms with Gasteiger partial charge in [0.15, 0.2) is 6.20 Å². The number of pyridine rings is 2. The van der Waals surface area contributed by atoms with Crippen LogP contribution in [0.1, 0.15) is 56.2 Å². The minimum atomic E-state index is 0.393. The van der Waals surface area contributed by atoms with Crippen LogP contribution in [0.25, 0.3) is 59.8 Å². The fourth-order valence-corrected chi connectivity index (χ4v) is 6.77. The first-order valence-electron chi connectivity index (χ1n) is 12.8. The molecule has 0 N–H and O–H groups in total. The lowest BCUT2D eigenvalue weighted by Crippen LogP contribution is -2.29. The van der Waals surface area contributed by atoms with Gasteiger partial charge in [-0.2, -0.15) is 0 Å². The Labute approximate surface area is 205 Å². The van der Waals surface area contributed by atoms with Crippen molar-refractivity contribution in [1.82, 2.24) is 4.40 Å². The SMILES string of the molecule is Cc1c2ccccc2c(C(C)C)c2c1c1c3c(ccc4c5c(C(C)C)cccc5n2c43)cc[n+]1C.